The van der Waals surface area contributed by atoms with Crippen LogP contribution < -0.4 is 11.1 Å². The molecule has 0 fully saturated rings. The zero-order valence-corrected chi connectivity index (χ0v) is 7.40. The molecule has 0 unspecified atom stereocenters. The van der Waals surface area contributed by atoms with E-state index >= 15 is 0 Å². The van der Waals surface area contributed by atoms with E-state index < -0.39 is 0 Å². The number of aromatic nitrogens is 2. The Kier molecular flexibility index (Phi) is 2.05. The number of nitrogens with two attached hydrogens (primary N) is 1. The third-order valence-corrected chi connectivity index (χ3v) is 2.55. The standard InChI is InChI=1S/C7H10N4S/c8-7-10-6(12-11-7)5-2-1-3-9-4-5/h2,9H,1,3-4H2,(H2,8,11). The van der Waals surface area contributed by atoms with E-state index in [1.807, 2.05) is 0 Å². The van der Waals surface area contributed by atoms with Crippen molar-refractivity contribution in [1.29, 1.82) is 0 Å². The molecule has 1 aliphatic rings. The highest BCUT2D eigenvalue weighted by atomic mass is 32.1. The summed E-state index contributed by atoms with van der Waals surface area (Å²) in [7, 11) is 0. The van der Waals surface area contributed by atoms with Crippen molar-refractivity contribution in [3.63, 3.8) is 0 Å². The summed E-state index contributed by atoms with van der Waals surface area (Å²) >= 11 is 1.36. The highest BCUT2D eigenvalue weighted by molar-refractivity contribution is 7.06. The number of nitrogens with zero attached hydrogens (tertiary/aromatic N) is 2. The van der Waals surface area contributed by atoms with Gasteiger partial charge in [0.1, 0.15) is 5.01 Å². The maximum absolute atomic E-state index is 5.43. The first-order valence-corrected chi connectivity index (χ1v) is 4.63. The van der Waals surface area contributed by atoms with Crippen molar-refractivity contribution in [2.24, 2.45) is 0 Å². The Morgan fingerprint density at radius 3 is 3.08 bits per heavy atom. The first kappa shape index (κ1) is 7.70. The van der Waals surface area contributed by atoms with E-state index in [4.69, 9.17) is 5.73 Å². The second kappa shape index (κ2) is 3.20. The quantitative estimate of drug-likeness (QED) is 0.663. The molecule has 1 aliphatic heterocycles. The summed E-state index contributed by atoms with van der Waals surface area (Å²) < 4.78 is 3.93. The molecule has 0 saturated heterocycles. The number of rotatable bonds is 1. The Hall–Kier alpha value is -0.940. The molecule has 0 radical (unpaired) electrons. The Morgan fingerprint density at radius 2 is 2.50 bits per heavy atom. The molecule has 5 heteroatoms. The Balaban J connectivity index is 2.23. The van der Waals surface area contributed by atoms with Gasteiger partial charge in [0.2, 0.25) is 5.95 Å². The van der Waals surface area contributed by atoms with Gasteiger partial charge < -0.3 is 11.1 Å². The zero-order chi connectivity index (χ0) is 8.39. The predicted molar refractivity (Wildman–Crippen MR) is 49.8 cm³/mol. The molecule has 12 heavy (non-hydrogen) atoms. The molecule has 1 aromatic rings. The summed E-state index contributed by atoms with van der Waals surface area (Å²) in [5, 5.41) is 4.22. The summed E-state index contributed by atoms with van der Waals surface area (Å²) in [4.78, 5) is 4.11. The molecular weight excluding hydrogens is 172 g/mol. The molecule has 0 saturated carbocycles. The lowest BCUT2D eigenvalue weighted by atomic mass is 10.2. The lowest BCUT2D eigenvalue weighted by molar-refractivity contribution is 0.739. The average molecular weight is 182 g/mol. The van der Waals surface area contributed by atoms with Crippen molar-refractivity contribution < 1.29 is 0 Å². The van der Waals surface area contributed by atoms with Crippen molar-refractivity contribution in [3.05, 3.63) is 11.1 Å². The molecule has 3 N–H and O–H groups in total. The van der Waals surface area contributed by atoms with Gasteiger partial charge in [-0.1, -0.05) is 6.08 Å². The van der Waals surface area contributed by atoms with Crippen molar-refractivity contribution in [2.75, 3.05) is 18.8 Å². The van der Waals surface area contributed by atoms with Crippen LogP contribution in [-0.4, -0.2) is 22.4 Å². The minimum Gasteiger partial charge on any atom is -0.367 e. The Bertz CT molecular complexity index is 304. The lowest BCUT2D eigenvalue weighted by Crippen LogP contribution is -2.21. The molecule has 4 nitrogen and oxygen atoms in total. The summed E-state index contributed by atoms with van der Waals surface area (Å²) in [6.07, 6.45) is 3.26. The van der Waals surface area contributed by atoms with Gasteiger partial charge in [-0.05, 0) is 30.1 Å². The van der Waals surface area contributed by atoms with E-state index in [1.165, 1.54) is 17.1 Å². The zero-order valence-electron chi connectivity index (χ0n) is 6.58. The number of hydrogen-bond donors (Lipinski definition) is 2. The van der Waals surface area contributed by atoms with Crippen molar-refractivity contribution in [2.45, 2.75) is 6.42 Å². The second-order valence-electron chi connectivity index (χ2n) is 2.65. The fourth-order valence-corrected chi connectivity index (χ4v) is 1.80. The predicted octanol–water partition coefficient (Wildman–Crippen LogP) is 0.497. The van der Waals surface area contributed by atoms with E-state index in [9.17, 15) is 0 Å². The van der Waals surface area contributed by atoms with Crippen LogP contribution in [0.5, 0.6) is 0 Å². The van der Waals surface area contributed by atoms with Crippen molar-refractivity contribution in [3.8, 4) is 0 Å². The lowest BCUT2D eigenvalue weighted by Gasteiger charge is -2.10. The monoisotopic (exact) mass is 182 g/mol. The van der Waals surface area contributed by atoms with E-state index in [1.54, 1.807) is 0 Å². The molecule has 0 spiro atoms. The summed E-state index contributed by atoms with van der Waals surface area (Å²) in [6, 6.07) is 0. The van der Waals surface area contributed by atoms with Gasteiger partial charge in [0.15, 0.2) is 0 Å². The number of nitrogens with one attached hydrogen (secondary N) is 1. The van der Waals surface area contributed by atoms with E-state index in [0.29, 0.717) is 5.95 Å². The van der Waals surface area contributed by atoms with Gasteiger partial charge in [-0.3, -0.25) is 0 Å². The summed E-state index contributed by atoms with van der Waals surface area (Å²) in [5.74, 6) is 0.376. The smallest absolute Gasteiger partial charge is 0.232 e. The minimum absolute atomic E-state index is 0.376. The fourth-order valence-electron chi connectivity index (χ4n) is 1.17. The van der Waals surface area contributed by atoms with Crippen LogP contribution in [0.15, 0.2) is 6.08 Å². The van der Waals surface area contributed by atoms with Crippen LogP contribution >= 0.6 is 11.5 Å². The molecular formula is C7H10N4S. The van der Waals surface area contributed by atoms with Crippen LogP contribution in [0.3, 0.4) is 0 Å². The maximum Gasteiger partial charge on any atom is 0.232 e. The normalized spacial score (nSPS) is 17.5. The van der Waals surface area contributed by atoms with Gasteiger partial charge in [0, 0.05) is 6.54 Å². The van der Waals surface area contributed by atoms with Crippen LogP contribution in [0.25, 0.3) is 5.57 Å². The highest BCUT2D eigenvalue weighted by Gasteiger charge is 2.09. The molecule has 0 aliphatic carbocycles. The third-order valence-electron chi connectivity index (χ3n) is 1.74. The fraction of sp³-hybridized carbons (Fsp3) is 0.429. The van der Waals surface area contributed by atoms with Gasteiger partial charge in [-0.15, -0.1) is 0 Å². The molecule has 0 bridgehead atoms. The Labute approximate surface area is 74.7 Å². The van der Waals surface area contributed by atoms with Gasteiger partial charge >= 0.3 is 0 Å². The molecule has 0 atom stereocenters. The van der Waals surface area contributed by atoms with Crippen molar-refractivity contribution >= 4 is 23.1 Å². The SMILES string of the molecule is Nc1nsc(C2=CCCNC2)n1. The van der Waals surface area contributed by atoms with Gasteiger partial charge in [0.25, 0.3) is 0 Å². The van der Waals surface area contributed by atoms with Crippen LogP contribution in [0.2, 0.25) is 0 Å². The molecule has 0 amide bonds. The summed E-state index contributed by atoms with van der Waals surface area (Å²) in [6.45, 7) is 1.94. The van der Waals surface area contributed by atoms with Crippen LogP contribution in [0.1, 0.15) is 11.4 Å². The number of hydrogen-bond acceptors (Lipinski definition) is 5. The molecule has 64 valence electrons. The second-order valence-corrected chi connectivity index (χ2v) is 3.40. The average Bonchev–Trinajstić information content (AvgIpc) is 2.54. The van der Waals surface area contributed by atoms with E-state index in [-0.39, 0.29) is 0 Å². The molecule has 2 rings (SSSR count). The van der Waals surface area contributed by atoms with Crippen molar-refractivity contribution in [1.82, 2.24) is 14.7 Å². The van der Waals surface area contributed by atoms with Gasteiger partial charge in [-0.25, -0.2) is 4.98 Å². The van der Waals surface area contributed by atoms with E-state index in [0.717, 1.165) is 24.5 Å². The van der Waals surface area contributed by atoms with Crippen LogP contribution in [0.4, 0.5) is 5.95 Å². The number of anilines is 1. The maximum atomic E-state index is 5.43. The third kappa shape index (κ3) is 1.46. The van der Waals surface area contributed by atoms with Gasteiger partial charge in [0.05, 0.1) is 0 Å². The topological polar surface area (TPSA) is 63.8 Å². The van der Waals surface area contributed by atoms with Crippen LogP contribution in [-0.2, 0) is 0 Å². The summed E-state index contributed by atoms with van der Waals surface area (Å²) in [5.41, 5.74) is 6.64. The largest absolute Gasteiger partial charge is 0.367 e. The van der Waals surface area contributed by atoms with E-state index in [2.05, 4.69) is 20.8 Å². The minimum atomic E-state index is 0.376. The highest BCUT2D eigenvalue weighted by Crippen LogP contribution is 2.18. The first-order chi connectivity index (χ1) is 5.86. The molecule has 2 heterocycles. The van der Waals surface area contributed by atoms with Crippen LogP contribution in [0, 0.1) is 0 Å². The Morgan fingerprint density at radius 1 is 1.58 bits per heavy atom. The van der Waals surface area contributed by atoms with Gasteiger partial charge in [-0.2, -0.15) is 4.37 Å². The first-order valence-electron chi connectivity index (χ1n) is 3.85. The number of nitrogen functional groups attached to an aromatic ring is 1. The molecule has 0 aromatic carbocycles. The molecule has 1 aromatic heterocycles.